The molecule has 0 aliphatic heterocycles. The molecule has 1 aromatic rings. The molecule has 0 atom stereocenters. The maximum absolute atomic E-state index is 11.6. The van der Waals surface area contributed by atoms with Gasteiger partial charge in [0.15, 0.2) is 4.98 Å². The van der Waals surface area contributed by atoms with Gasteiger partial charge in [-0.3, -0.25) is 0 Å². The van der Waals surface area contributed by atoms with Gasteiger partial charge in [0.25, 0.3) is 0 Å². The van der Waals surface area contributed by atoms with Gasteiger partial charge in [0, 0.05) is 5.56 Å². The zero-order chi connectivity index (χ0) is 15.0. The first-order valence-corrected chi connectivity index (χ1v) is 6.37. The lowest BCUT2D eigenvalue weighted by atomic mass is 10.0. The number of diazo groups is 1. The van der Waals surface area contributed by atoms with Gasteiger partial charge in [-0.2, -0.15) is 0 Å². The quantitative estimate of drug-likeness (QED) is 0.383. The Kier molecular flexibility index (Phi) is 5.98. The molecule has 0 heterocycles. The van der Waals surface area contributed by atoms with Crippen LogP contribution >= 0.6 is 0 Å². The molecule has 104 valence electrons. The fourth-order valence-corrected chi connectivity index (χ4v) is 1.61. The molecule has 0 fully saturated rings. The Hall–Kier alpha value is -2.61. The Morgan fingerprint density at radius 1 is 1.40 bits per heavy atom. The Labute approximate surface area is 117 Å². The lowest BCUT2D eigenvalue weighted by molar-refractivity contribution is -0.138. The van der Waals surface area contributed by atoms with Gasteiger partial charge in [0.1, 0.15) is 0 Å². The highest BCUT2D eigenvalue weighted by Gasteiger charge is 2.32. The minimum absolute atomic E-state index is 0.127. The molecule has 0 radical (unpaired) electrons. The molecule has 0 aliphatic carbocycles. The summed E-state index contributed by atoms with van der Waals surface area (Å²) in [6, 6.07) is 6.95. The summed E-state index contributed by atoms with van der Waals surface area (Å²) in [4.78, 5) is 14.4. The van der Waals surface area contributed by atoms with Gasteiger partial charge in [-0.15, -0.1) is 0 Å². The first-order valence-electron chi connectivity index (χ1n) is 6.37. The third kappa shape index (κ3) is 3.69. The van der Waals surface area contributed by atoms with Crippen molar-refractivity contribution in [2.24, 2.45) is 0 Å². The van der Waals surface area contributed by atoms with Crippen LogP contribution in [-0.2, 0) is 9.53 Å². The number of allylic oxidation sites excluding steroid dienone is 1. The molecule has 5 nitrogen and oxygen atoms in total. The molecule has 0 aromatic heterocycles. The number of carbonyl (C=O) groups excluding carboxylic acids is 1. The predicted octanol–water partition coefficient (Wildman–Crippen LogP) is 3.75. The second-order valence-electron chi connectivity index (χ2n) is 3.92. The molecule has 1 N–H and O–H groups in total. The van der Waals surface area contributed by atoms with E-state index in [0.29, 0.717) is 5.56 Å². The second kappa shape index (κ2) is 7.74. The third-order valence-electron chi connectivity index (χ3n) is 2.54. The van der Waals surface area contributed by atoms with Crippen LogP contribution in [0.25, 0.3) is 16.8 Å². The van der Waals surface area contributed by atoms with Crippen LogP contribution < -0.4 is 0 Å². The van der Waals surface area contributed by atoms with E-state index < -0.39 is 17.4 Å². The van der Waals surface area contributed by atoms with E-state index in [0.717, 1.165) is 12.0 Å². The zero-order valence-electron chi connectivity index (χ0n) is 11.5. The molecule has 0 saturated heterocycles. The van der Waals surface area contributed by atoms with E-state index in [2.05, 4.69) is 4.98 Å². The third-order valence-corrected chi connectivity index (χ3v) is 2.54. The molecule has 0 aliphatic rings. The number of rotatable bonds is 5. The van der Waals surface area contributed by atoms with Crippen molar-refractivity contribution in [1.82, 2.24) is 0 Å². The van der Waals surface area contributed by atoms with E-state index in [1.165, 1.54) is 0 Å². The molecule has 0 saturated carbocycles. The van der Waals surface area contributed by atoms with Gasteiger partial charge in [0.2, 0.25) is 11.2 Å². The van der Waals surface area contributed by atoms with Gasteiger partial charge in [-0.25, -0.2) is 4.79 Å². The van der Waals surface area contributed by atoms with E-state index >= 15 is 0 Å². The maximum atomic E-state index is 11.6. The van der Waals surface area contributed by atoms with Gasteiger partial charge >= 0.3 is 11.7 Å². The Bertz CT molecular complexity index is 583. The van der Waals surface area contributed by atoms with Crippen LogP contribution in [0.1, 0.15) is 31.4 Å². The van der Waals surface area contributed by atoms with E-state index in [1.807, 2.05) is 25.1 Å². The molecular formula is C15H17N2O3+. The van der Waals surface area contributed by atoms with Crippen molar-refractivity contribution in [3.8, 4) is 0 Å². The van der Waals surface area contributed by atoms with Crippen LogP contribution in [0.2, 0.25) is 0 Å². The average Bonchev–Trinajstić information content (AvgIpc) is 2.46. The van der Waals surface area contributed by atoms with E-state index in [1.54, 1.807) is 25.1 Å². The van der Waals surface area contributed by atoms with Gasteiger partial charge < -0.3 is 9.84 Å². The van der Waals surface area contributed by atoms with Gasteiger partial charge in [-0.1, -0.05) is 43.3 Å². The van der Waals surface area contributed by atoms with E-state index in [4.69, 9.17) is 10.1 Å². The molecule has 0 unspecified atom stereocenters. The smallest absolute Gasteiger partial charge is 0.501 e. The zero-order valence-corrected chi connectivity index (χ0v) is 11.5. The topological polar surface area (TPSA) is 74.7 Å². The minimum atomic E-state index is -0.873. The highest BCUT2D eigenvalue weighted by atomic mass is 16.5. The van der Waals surface area contributed by atoms with Crippen LogP contribution in [0.3, 0.4) is 0 Å². The van der Waals surface area contributed by atoms with Crippen molar-refractivity contribution >= 4 is 17.8 Å². The van der Waals surface area contributed by atoms with Crippen molar-refractivity contribution in [3.63, 3.8) is 0 Å². The van der Waals surface area contributed by atoms with Crippen LogP contribution in [0.4, 0.5) is 0 Å². The summed E-state index contributed by atoms with van der Waals surface area (Å²) < 4.78 is 4.73. The van der Waals surface area contributed by atoms with Crippen molar-refractivity contribution in [3.05, 3.63) is 52.1 Å². The van der Waals surface area contributed by atoms with Crippen LogP contribution in [0.5, 0.6) is 0 Å². The second-order valence-corrected chi connectivity index (χ2v) is 3.92. The molecule has 0 spiro atoms. The summed E-state index contributed by atoms with van der Waals surface area (Å²) in [5.74, 6) is -1.29. The standard InChI is InChI=1S/C15H16N2O3/c1-3-5-8-11-9-6-7-10-12(11)14(18)13(17-16)15(19)20-4-2/h5-10H,3-4H2,1-2H3/p+1/b8-5-. The number of benzene rings is 1. The summed E-state index contributed by atoms with van der Waals surface area (Å²) in [6.07, 6.45) is 4.59. The molecule has 1 rings (SSSR count). The highest BCUT2D eigenvalue weighted by Crippen LogP contribution is 2.23. The molecule has 5 heteroatoms. The summed E-state index contributed by atoms with van der Waals surface area (Å²) in [6.45, 7) is 3.74. The number of aliphatic hydroxyl groups is 1. The average molecular weight is 273 g/mol. The van der Waals surface area contributed by atoms with Crippen molar-refractivity contribution in [2.75, 3.05) is 6.61 Å². The number of hydrogen-bond donors (Lipinski definition) is 1. The largest absolute Gasteiger partial charge is 0.510 e. The number of hydrogen-bond acceptors (Lipinski definition) is 4. The van der Waals surface area contributed by atoms with Crippen molar-refractivity contribution in [2.45, 2.75) is 20.3 Å². The van der Waals surface area contributed by atoms with Crippen LogP contribution in [0, 0.1) is 5.39 Å². The van der Waals surface area contributed by atoms with E-state index in [-0.39, 0.29) is 6.61 Å². The van der Waals surface area contributed by atoms with Crippen LogP contribution in [-0.4, -0.2) is 17.7 Å². The Morgan fingerprint density at radius 2 is 2.10 bits per heavy atom. The van der Waals surface area contributed by atoms with Gasteiger partial charge in [0.05, 0.1) is 6.61 Å². The Morgan fingerprint density at radius 3 is 2.70 bits per heavy atom. The minimum Gasteiger partial charge on any atom is -0.501 e. The molecular weight excluding hydrogens is 256 g/mol. The lowest BCUT2D eigenvalue weighted by Gasteiger charge is -2.03. The van der Waals surface area contributed by atoms with Crippen molar-refractivity contribution < 1.29 is 14.6 Å². The normalized spacial score (nSPS) is 11.8. The fraction of sp³-hybridized carbons (Fsp3) is 0.267. The summed E-state index contributed by atoms with van der Waals surface area (Å²) in [7, 11) is 0. The number of ether oxygens (including phenoxy) is 1. The molecule has 0 bridgehead atoms. The lowest BCUT2D eigenvalue weighted by Crippen LogP contribution is -2.08. The highest BCUT2D eigenvalue weighted by molar-refractivity contribution is 5.98. The van der Waals surface area contributed by atoms with E-state index in [9.17, 15) is 9.90 Å². The fourth-order valence-electron chi connectivity index (χ4n) is 1.61. The number of carbonyl (C=O) groups is 1. The first-order chi connectivity index (χ1) is 9.65. The SMILES string of the molecule is CC/C=C\c1ccccc1/C(O)=C(\[N+]#N)C(=O)OCC. The summed E-state index contributed by atoms with van der Waals surface area (Å²) in [5, 5.41) is 19.1. The number of esters is 1. The summed E-state index contributed by atoms with van der Waals surface area (Å²) >= 11 is 0. The number of aliphatic hydroxyl groups excluding tert-OH is 1. The molecule has 20 heavy (non-hydrogen) atoms. The molecule has 0 amide bonds. The van der Waals surface area contributed by atoms with Crippen LogP contribution in [0.15, 0.2) is 36.0 Å². The molecule has 1 aromatic carbocycles. The predicted molar refractivity (Wildman–Crippen MR) is 77.0 cm³/mol. The Balaban J connectivity index is 3.31. The number of nitrogens with zero attached hydrogens (tertiary/aromatic N) is 2. The van der Waals surface area contributed by atoms with Crippen molar-refractivity contribution in [1.29, 1.82) is 5.39 Å². The summed E-state index contributed by atoms with van der Waals surface area (Å²) in [5.41, 5.74) is 0.611. The first kappa shape index (κ1) is 15.4. The monoisotopic (exact) mass is 273 g/mol. The maximum Gasteiger partial charge on any atom is 0.510 e. The van der Waals surface area contributed by atoms with Gasteiger partial charge in [-0.05, 0) is 18.9 Å².